The zero-order chi connectivity index (χ0) is 30.4. The molecule has 0 spiro atoms. The summed E-state index contributed by atoms with van der Waals surface area (Å²) in [7, 11) is 0. The van der Waals surface area contributed by atoms with Gasteiger partial charge in [-0.15, -0.1) is 0 Å². The van der Waals surface area contributed by atoms with Gasteiger partial charge in [-0.3, -0.25) is 0 Å². The van der Waals surface area contributed by atoms with Crippen LogP contribution in [0.5, 0.6) is 0 Å². The van der Waals surface area contributed by atoms with Gasteiger partial charge in [0.15, 0.2) is 0 Å². The number of hydrogen-bond acceptors (Lipinski definition) is 3. The van der Waals surface area contributed by atoms with E-state index in [0.717, 1.165) is 38.9 Å². The van der Waals surface area contributed by atoms with Crippen molar-refractivity contribution in [3.8, 4) is 0 Å². The van der Waals surface area contributed by atoms with Crippen LogP contribution in [-0.2, 0) is 9.47 Å². The van der Waals surface area contributed by atoms with E-state index in [-0.39, 0.29) is 0 Å². The summed E-state index contributed by atoms with van der Waals surface area (Å²) >= 11 is 0. The van der Waals surface area contributed by atoms with Gasteiger partial charge in [0.1, 0.15) is 6.10 Å². The van der Waals surface area contributed by atoms with Crippen molar-refractivity contribution < 1.29 is 14.6 Å². The molecule has 42 heavy (non-hydrogen) atoms. The number of hydrogen-bond donors (Lipinski definition) is 1. The number of aliphatic hydroxyl groups is 1. The van der Waals surface area contributed by atoms with E-state index in [2.05, 4.69) is 62.5 Å². The molecule has 0 aliphatic carbocycles. The van der Waals surface area contributed by atoms with Crippen molar-refractivity contribution in [3.63, 3.8) is 0 Å². The summed E-state index contributed by atoms with van der Waals surface area (Å²) in [5.41, 5.74) is 0. The summed E-state index contributed by atoms with van der Waals surface area (Å²) in [6.07, 6.45) is 48.2. The van der Waals surface area contributed by atoms with Crippen LogP contribution in [0.1, 0.15) is 168 Å². The molecule has 0 fully saturated rings. The number of rotatable bonds is 34. The first-order valence-corrected chi connectivity index (χ1v) is 18.2. The molecule has 3 heteroatoms. The van der Waals surface area contributed by atoms with Gasteiger partial charge in [-0.2, -0.15) is 0 Å². The second-order valence-electron chi connectivity index (χ2n) is 12.0. The molecular weight excluding hydrogens is 516 g/mol. The lowest BCUT2D eigenvalue weighted by molar-refractivity contribution is -0.0201. The quantitative estimate of drug-likeness (QED) is 0.0600. The zero-order valence-corrected chi connectivity index (χ0v) is 28.3. The first-order valence-electron chi connectivity index (χ1n) is 18.2. The van der Waals surface area contributed by atoms with Crippen LogP contribution in [0.25, 0.3) is 0 Å². The van der Waals surface area contributed by atoms with Gasteiger partial charge in [0, 0.05) is 13.2 Å². The molecule has 0 atom stereocenters. The molecule has 246 valence electrons. The van der Waals surface area contributed by atoms with Gasteiger partial charge in [-0.05, 0) is 77.0 Å². The van der Waals surface area contributed by atoms with Crippen LogP contribution in [-0.4, -0.2) is 37.6 Å². The highest BCUT2D eigenvalue weighted by molar-refractivity contribution is 4.93. The summed E-state index contributed by atoms with van der Waals surface area (Å²) < 4.78 is 11.3. The van der Waals surface area contributed by atoms with Crippen molar-refractivity contribution in [2.75, 3.05) is 26.4 Å². The fourth-order valence-corrected chi connectivity index (χ4v) is 4.87. The Morgan fingerprint density at radius 1 is 0.405 bits per heavy atom. The maximum absolute atomic E-state index is 10.1. The maximum atomic E-state index is 10.1. The van der Waals surface area contributed by atoms with Crippen LogP contribution in [0, 0.1) is 0 Å². The lowest BCUT2D eigenvalue weighted by atomic mass is 10.1. The number of allylic oxidation sites excluding steroid dienone is 8. The molecule has 0 aliphatic rings. The van der Waals surface area contributed by atoms with Crippen LogP contribution in [0.2, 0.25) is 0 Å². The number of ether oxygens (including phenoxy) is 2. The Labute approximate surface area is 263 Å². The van der Waals surface area contributed by atoms with Gasteiger partial charge in [0.25, 0.3) is 0 Å². The van der Waals surface area contributed by atoms with Crippen molar-refractivity contribution in [2.24, 2.45) is 0 Å². The second kappa shape index (κ2) is 37.9. The largest absolute Gasteiger partial charge is 0.388 e. The molecule has 0 heterocycles. The fourth-order valence-electron chi connectivity index (χ4n) is 4.87. The van der Waals surface area contributed by atoms with Crippen molar-refractivity contribution in [1.82, 2.24) is 0 Å². The third-order valence-corrected chi connectivity index (χ3v) is 7.60. The summed E-state index contributed by atoms with van der Waals surface area (Å²) in [5.74, 6) is 0. The molecule has 0 aliphatic heterocycles. The van der Waals surface area contributed by atoms with Gasteiger partial charge < -0.3 is 14.6 Å². The Hall–Kier alpha value is -1.16. The lowest BCUT2D eigenvalue weighted by Crippen LogP contribution is -2.22. The predicted octanol–water partition coefficient (Wildman–Crippen LogP) is 12.0. The number of unbranched alkanes of at least 4 members (excludes halogenated alkanes) is 18. The normalized spacial score (nSPS) is 12.5. The smallest absolute Gasteiger partial charge is 0.101 e. The Morgan fingerprint density at radius 3 is 1.07 bits per heavy atom. The average Bonchev–Trinajstić information content (AvgIpc) is 3.00. The predicted molar refractivity (Wildman–Crippen MR) is 186 cm³/mol. The van der Waals surface area contributed by atoms with E-state index in [0.29, 0.717) is 13.2 Å². The van der Waals surface area contributed by atoms with E-state index in [4.69, 9.17) is 9.47 Å². The van der Waals surface area contributed by atoms with Gasteiger partial charge in [0.05, 0.1) is 13.2 Å². The molecule has 0 unspecified atom stereocenters. The van der Waals surface area contributed by atoms with Crippen LogP contribution >= 0.6 is 0 Å². The monoisotopic (exact) mass is 589 g/mol. The summed E-state index contributed by atoms with van der Waals surface area (Å²) in [4.78, 5) is 0. The molecule has 3 nitrogen and oxygen atoms in total. The molecule has 1 N–H and O–H groups in total. The van der Waals surface area contributed by atoms with Gasteiger partial charge >= 0.3 is 0 Å². The first-order chi connectivity index (χ1) is 20.8. The van der Waals surface area contributed by atoms with E-state index in [1.165, 1.54) is 128 Å². The van der Waals surface area contributed by atoms with Crippen molar-refractivity contribution in [3.05, 3.63) is 48.6 Å². The zero-order valence-electron chi connectivity index (χ0n) is 28.3. The van der Waals surface area contributed by atoms with Crippen molar-refractivity contribution in [1.29, 1.82) is 0 Å². The molecule has 0 aromatic carbocycles. The van der Waals surface area contributed by atoms with E-state index in [9.17, 15) is 5.11 Å². The highest BCUT2D eigenvalue weighted by Gasteiger charge is 2.04. The van der Waals surface area contributed by atoms with Gasteiger partial charge in [-0.1, -0.05) is 140 Å². The first kappa shape index (κ1) is 40.8. The molecule has 0 radical (unpaired) electrons. The number of aliphatic hydroxyl groups excluding tert-OH is 1. The third kappa shape index (κ3) is 36.9. The maximum Gasteiger partial charge on any atom is 0.101 e. The molecule has 0 rings (SSSR count). The second-order valence-corrected chi connectivity index (χ2v) is 12.0. The Kier molecular flexibility index (Phi) is 36.8. The van der Waals surface area contributed by atoms with Crippen LogP contribution in [0.15, 0.2) is 48.6 Å². The standard InChI is InChI=1S/C39H72O3/c1-3-5-7-9-11-13-15-17-19-21-23-25-27-29-31-33-35-41-37-39(40)38-42-36-34-32-30-28-26-24-22-20-18-16-14-12-10-8-6-4-2/h11-14,17-20,39-40H,3-10,15-16,21-38H2,1-2H3/b13-11-,14-12-,19-17-,20-18-. The van der Waals surface area contributed by atoms with E-state index >= 15 is 0 Å². The molecular formula is C39H72O3. The Morgan fingerprint density at radius 2 is 0.714 bits per heavy atom. The van der Waals surface area contributed by atoms with E-state index < -0.39 is 6.10 Å². The minimum atomic E-state index is -0.501. The summed E-state index contributed by atoms with van der Waals surface area (Å²) in [5, 5.41) is 10.1. The Bertz CT molecular complexity index is 555. The van der Waals surface area contributed by atoms with Crippen LogP contribution in [0.3, 0.4) is 0 Å². The third-order valence-electron chi connectivity index (χ3n) is 7.60. The van der Waals surface area contributed by atoms with Crippen molar-refractivity contribution >= 4 is 0 Å². The molecule has 0 aromatic rings. The van der Waals surface area contributed by atoms with Gasteiger partial charge in [0.2, 0.25) is 0 Å². The highest BCUT2D eigenvalue weighted by Crippen LogP contribution is 2.10. The average molecular weight is 589 g/mol. The van der Waals surface area contributed by atoms with Gasteiger partial charge in [-0.25, -0.2) is 0 Å². The fraction of sp³-hybridized carbons (Fsp3) is 0.795. The topological polar surface area (TPSA) is 38.7 Å². The van der Waals surface area contributed by atoms with E-state index in [1.807, 2.05) is 0 Å². The van der Waals surface area contributed by atoms with E-state index in [1.54, 1.807) is 0 Å². The highest BCUT2D eigenvalue weighted by atomic mass is 16.5. The minimum absolute atomic E-state index is 0.393. The molecule has 0 saturated carbocycles. The van der Waals surface area contributed by atoms with Crippen LogP contribution < -0.4 is 0 Å². The molecule has 0 saturated heterocycles. The molecule has 0 amide bonds. The van der Waals surface area contributed by atoms with Crippen molar-refractivity contribution in [2.45, 2.75) is 174 Å². The molecule has 0 bridgehead atoms. The van der Waals surface area contributed by atoms with Crippen LogP contribution in [0.4, 0.5) is 0 Å². The summed E-state index contributed by atoms with van der Waals surface area (Å²) in [6.45, 7) is 6.79. The lowest BCUT2D eigenvalue weighted by Gasteiger charge is -2.12. The minimum Gasteiger partial charge on any atom is -0.388 e. The Balaban J connectivity index is 3.26. The summed E-state index contributed by atoms with van der Waals surface area (Å²) in [6, 6.07) is 0. The molecule has 0 aromatic heterocycles. The SMILES string of the molecule is CCCCC/C=C\C/C=C\CCCCCCCCOCC(O)COCCCCCCCC/C=C\C/C=C\CCCCC.